The van der Waals surface area contributed by atoms with Gasteiger partial charge in [0.1, 0.15) is 0 Å². The third-order valence-corrected chi connectivity index (χ3v) is 6.90. The van der Waals surface area contributed by atoms with Gasteiger partial charge in [-0.2, -0.15) is 0 Å². The van der Waals surface area contributed by atoms with Gasteiger partial charge in [-0.3, -0.25) is 0 Å². The molecule has 1 N–H and O–H groups in total. The molecule has 0 aliphatic heterocycles. The Bertz CT molecular complexity index is 300. The van der Waals surface area contributed by atoms with E-state index in [-0.39, 0.29) is 0 Å². The second kappa shape index (κ2) is 6.81. The molecule has 3 aliphatic rings. The maximum atomic E-state index is 3.47. The van der Waals surface area contributed by atoms with Crippen LogP contribution in [0.4, 0.5) is 0 Å². The molecule has 0 amide bonds. The van der Waals surface area contributed by atoms with Crippen LogP contribution in [0.25, 0.3) is 0 Å². The van der Waals surface area contributed by atoms with Crippen LogP contribution in [0.2, 0.25) is 0 Å². The van der Waals surface area contributed by atoms with E-state index in [0.717, 1.165) is 35.5 Å². The van der Waals surface area contributed by atoms with Crippen LogP contribution in [0.1, 0.15) is 71.1 Å². The topological polar surface area (TPSA) is 12.0 Å². The third-order valence-electron chi connectivity index (χ3n) is 6.90. The Morgan fingerprint density at radius 2 is 1.80 bits per heavy atom. The minimum absolute atomic E-state index is 0.979. The van der Waals surface area contributed by atoms with E-state index in [1.165, 1.54) is 32.2 Å². The molecule has 0 aromatic carbocycles. The molecule has 0 aromatic rings. The lowest BCUT2D eigenvalue weighted by Crippen LogP contribution is -2.33. The number of fused-ring (bicyclic) bond motifs is 2. The van der Waals surface area contributed by atoms with E-state index in [4.69, 9.17) is 0 Å². The summed E-state index contributed by atoms with van der Waals surface area (Å²) in [6, 6.07) is 0. The molecule has 3 saturated carbocycles. The van der Waals surface area contributed by atoms with Crippen LogP contribution in [0, 0.1) is 35.5 Å². The second-order valence-corrected chi connectivity index (χ2v) is 8.22. The normalized spacial score (nSPS) is 44.1. The van der Waals surface area contributed by atoms with Crippen LogP contribution in [0.3, 0.4) is 0 Å². The number of nitrogens with one attached hydrogen (secondary N) is 1. The fraction of sp³-hybridized carbons (Fsp3) is 1.00. The predicted molar refractivity (Wildman–Crippen MR) is 86.7 cm³/mol. The summed E-state index contributed by atoms with van der Waals surface area (Å²) in [5, 5.41) is 3.47. The number of rotatable bonds is 6. The van der Waals surface area contributed by atoms with E-state index >= 15 is 0 Å². The Balaban J connectivity index is 1.57. The van der Waals surface area contributed by atoms with Gasteiger partial charge in [-0.15, -0.1) is 0 Å². The summed E-state index contributed by atoms with van der Waals surface area (Å²) in [6.45, 7) is 3.63. The molecule has 0 heterocycles. The van der Waals surface area contributed by atoms with E-state index in [1.807, 2.05) is 0 Å². The van der Waals surface area contributed by atoms with Crippen molar-refractivity contribution in [1.82, 2.24) is 5.32 Å². The van der Waals surface area contributed by atoms with Crippen LogP contribution in [0.15, 0.2) is 0 Å². The summed E-state index contributed by atoms with van der Waals surface area (Å²) in [4.78, 5) is 0. The van der Waals surface area contributed by atoms with Gasteiger partial charge >= 0.3 is 0 Å². The molecule has 2 bridgehead atoms. The highest BCUT2D eigenvalue weighted by molar-refractivity contribution is 4.92. The van der Waals surface area contributed by atoms with Crippen molar-refractivity contribution in [1.29, 1.82) is 0 Å². The first-order chi connectivity index (χ1) is 9.80. The number of hydrogen-bond donors (Lipinski definition) is 1. The lowest BCUT2D eigenvalue weighted by molar-refractivity contribution is 0.128. The smallest absolute Gasteiger partial charge is 0.00209 e. The minimum Gasteiger partial charge on any atom is -0.319 e. The summed E-state index contributed by atoms with van der Waals surface area (Å²) in [5.41, 5.74) is 0. The molecule has 0 aromatic heterocycles. The maximum absolute atomic E-state index is 3.47. The van der Waals surface area contributed by atoms with E-state index in [1.54, 1.807) is 38.5 Å². The van der Waals surface area contributed by atoms with Gasteiger partial charge in [-0.05, 0) is 87.6 Å². The van der Waals surface area contributed by atoms with Gasteiger partial charge in [-0.1, -0.05) is 32.6 Å². The minimum atomic E-state index is 0.979. The van der Waals surface area contributed by atoms with Crippen LogP contribution in [-0.2, 0) is 0 Å². The molecule has 1 heteroatoms. The van der Waals surface area contributed by atoms with E-state index < -0.39 is 0 Å². The Morgan fingerprint density at radius 3 is 2.45 bits per heavy atom. The first-order valence-electron chi connectivity index (χ1n) is 9.44. The Morgan fingerprint density at radius 1 is 0.900 bits per heavy atom. The molecule has 6 unspecified atom stereocenters. The standard InChI is InChI=1S/C19H35N/c1-3-4-14-5-8-17(13-20-2)19(9-14)12-18-11-15-6-7-16(18)10-15/h14-20H,3-13H2,1-2H3. The molecule has 3 aliphatic carbocycles. The van der Waals surface area contributed by atoms with Crippen molar-refractivity contribution < 1.29 is 0 Å². The van der Waals surface area contributed by atoms with Crippen molar-refractivity contribution in [2.75, 3.05) is 13.6 Å². The maximum Gasteiger partial charge on any atom is -0.00209 e. The first kappa shape index (κ1) is 14.9. The largest absolute Gasteiger partial charge is 0.319 e. The van der Waals surface area contributed by atoms with Gasteiger partial charge in [-0.25, -0.2) is 0 Å². The molecule has 3 rings (SSSR count). The van der Waals surface area contributed by atoms with Crippen molar-refractivity contribution in [2.45, 2.75) is 71.1 Å². The Labute approximate surface area is 126 Å². The molecule has 20 heavy (non-hydrogen) atoms. The van der Waals surface area contributed by atoms with E-state index in [9.17, 15) is 0 Å². The molecule has 6 atom stereocenters. The van der Waals surface area contributed by atoms with Gasteiger partial charge < -0.3 is 5.32 Å². The van der Waals surface area contributed by atoms with Gasteiger partial charge in [0.2, 0.25) is 0 Å². The van der Waals surface area contributed by atoms with Crippen molar-refractivity contribution in [3.8, 4) is 0 Å². The highest BCUT2D eigenvalue weighted by Gasteiger charge is 2.41. The zero-order chi connectivity index (χ0) is 13.9. The van der Waals surface area contributed by atoms with E-state index in [2.05, 4.69) is 19.3 Å². The molecule has 0 radical (unpaired) electrons. The molecular formula is C19H35N. The Hall–Kier alpha value is -0.0400. The van der Waals surface area contributed by atoms with Crippen LogP contribution in [0.5, 0.6) is 0 Å². The van der Waals surface area contributed by atoms with Gasteiger partial charge in [0.15, 0.2) is 0 Å². The molecule has 0 spiro atoms. The fourth-order valence-electron chi connectivity index (χ4n) is 5.97. The van der Waals surface area contributed by atoms with Crippen molar-refractivity contribution in [2.24, 2.45) is 35.5 Å². The van der Waals surface area contributed by atoms with Crippen LogP contribution in [-0.4, -0.2) is 13.6 Å². The highest BCUT2D eigenvalue weighted by atomic mass is 14.8. The molecular weight excluding hydrogens is 242 g/mol. The SMILES string of the molecule is CCCC1CCC(CNC)C(CC2CC3CCC2C3)C1. The molecule has 116 valence electrons. The predicted octanol–water partition coefficient (Wildman–Crippen LogP) is 4.86. The lowest BCUT2D eigenvalue weighted by Gasteiger charge is -2.39. The number of hydrogen-bond acceptors (Lipinski definition) is 1. The van der Waals surface area contributed by atoms with Gasteiger partial charge in [0.25, 0.3) is 0 Å². The summed E-state index contributed by atoms with van der Waals surface area (Å²) < 4.78 is 0. The van der Waals surface area contributed by atoms with Crippen LogP contribution >= 0.6 is 0 Å². The molecule has 0 saturated heterocycles. The lowest BCUT2D eigenvalue weighted by atomic mass is 9.68. The quantitative estimate of drug-likeness (QED) is 0.730. The first-order valence-corrected chi connectivity index (χ1v) is 9.44. The summed E-state index contributed by atoms with van der Waals surface area (Å²) in [5.74, 6) is 6.43. The second-order valence-electron chi connectivity index (χ2n) is 8.22. The zero-order valence-electron chi connectivity index (χ0n) is 13.7. The summed E-state index contributed by atoms with van der Waals surface area (Å²) >= 11 is 0. The highest BCUT2D eigenvalue weighted by Crippen LogP contribution is 2.52. The summed E-state index contributed by atoms with van der Waals surface area (Å²) in [6.07, 6.45) is 15.3. The average Bonchev–Trinajstić information content (AvgIpc) is 3.05. The van der Waals surface area contributed by atoms with E-state index in [0.29, 0.717) is 0 Å². The zero-order valence-corrected chi connectivity index (χ0v) is 13.7. The molecule has 1 nitrogen and oxygen atoms in total. The van der Waals surface area contributed by atoms with Gasteiger partial charge in [0.05, 0.1) is 0 Å². The van der Waals surface area contributed by atoms with Crippen molar-refractivity contribution in [3.05, 3.63) is 0 Å². The van der Waals surface area contributed by atoms with Crippen molar-refractivity contribution in [3.63, 3.8) is 0 Å². The molecule has 3 fully saturated rings. The fourth-order valence-corrected chi connectivity index (χ4v) is 5.97. The Kier molecular flexibility index (Phi) is 5.07. The van der Waals surface area contributed by atoms with Crippen molar-refractivity contribution >= 4 is 0 Å². The van der Waals surface area contributed by atoms with Gasteiger partial charge in [0, 0.05) is 0 Å². The monoisotopic (exact) mass is 277 g/mol. The third kappa shape index (κ3) is 3.24. The van der Waals surface area contributed by atoms with Crippen LogP contribution < -0.4 is 5.32 Å². The average molecular weight is 277 g/mol. The summed E-state index contributed by atoms with van der Waals surface area (Å²) in [7, 11) is 2.15.